The second-order valence-electron chi connectivity index (χ2n) is 13.0. The van der Waals surface area contributed by atoms with Crippen LogP contribution in [0.15, 0.2) is 161 Å². The molecular formula is C50H35O10-. The summed E-state index contributed by atoms with van der Waals surface area (Å²) in [7, 11) is 0. The van der Waals surface area contributed by atoms with E-state index in [0.717, 1.165) is 5.56 Å². The van der Waals surface area contributed by atoms with Crippen molar-refractivity contribution in [2.24, 2.45) is 0 Å². The Balaban J connectivity index is 0.983. The lowest BCUT2D eigenvalue weighted by Crippen LogP contribution is -2.53. The second-order valence-corrected chi connectivity index (χ2v) is 13.0. The largest absolute Gasteiger partial charge is 0.456 e. The van der Waals surface area contributed by atoms with Gasteiger partial charge in [-0.1, -0.05) is 48.2 Å². The van der Waals surface area contributed by atoms with Crippen molar-refractivity contribution in [3.05, 3.63) is 195 Å². The molecule has 2 aliphatic rings. The first-order valence-corrected chi connectivity index (χ1v) is 18.5. The van der Waals surface area contributed by atoms with Gasteiger partial charge in [-0.05, 0) is 115 Å². The maximum absolute atomic E-state index is 13.2. The Labute approximate surface area is 346 Å². The first-order chi connectivity index (χ1) is 29.2. The monoisotopic (exact) mass is 795 g/mol. The van der Waals surface area contributed by atoms with E-state index in [1.54, 1.807) is 91.9 Å². The van der Waals surface area contributed by atoms with Gasteiger partial charge in [0.15, 0.2) is 6.29 Å². The van der Waals surface area contributed by atoms with Crippen molar-refractivity contribution in [1.29, 1.82) is 0 Å². The molecule has 10 heteroatoms. The van der Waals surface area contributed by atoms with Crippen LogP contribution in [0.25, 0.3) is 0 Å². The first kappa shape index (κ1) is 41.9. The summed E-state index contributed by atoms with van der Waals surface area (Å²) in [6.45, 7) is 7.63. The van der Waals surface area contributed by atoms with Gasteiger partial charge in [0, 0.05) is 18.1 Å². The maximum Gasteiger partial charge on any atom is 0.343 e. The third kappa shape index (κ3) is 12.1. The highest BCUT2D eigenvalue weighted by molar-refractivity contribution is 5.92. The van der Waals surface area contributed by atoms with Crippen LogP contribution in [0.3, 0.4) is 0 Å². The topological polar surface area (TPSA) is 116 Å². The Morgan fingerprint density at radius 3 is 1.93 bits per heavy atom. The average molecular weight is 796 g/mol. The lowest BCUT2D eigenvalue weighted by atomic mass is 10.0. The number of fused-ring (bicyclic) bond motifs is 1. The van der Waals surface area contributed by atoms with Crippen LogP contribution in [-0.2, 0) is 18.9 Å². The molecule has 2 saturated heterocycles. The zero-order valence-corrected chi connectivity index (χ0v) is 32.5. The van der Waals surface area contributed by atoms with Gasteiger partial charge in [-0.3, -0.25) is 0 Å². The molecule has 10 nitrogen and oxygen atoms in total. The van der Waals surface area contributed by atoms with Crippen molar-refractivity contribution in [3.63, 3.8) is 0 Å². The lowest BCUT2D eigenvalue weighted by Gasteiger charge is -2.42. The number of ether oxygens (including phenoxy) is 7. The standard InChI is InChI=1S/C50H35O10/c1-4-5-6-7-8-9-10-13-35(2)14-11-12-32-54-41-25-19-38(20-26-41)48(52)58-43-29-23-40(24-30-43)50-56-34-45-46(60-50)44(31-33-55-45)59-49(53)39-21-27-42(28-22-39)57-47(51)37-17-15-36(3)16-18-37/h11,15-30,44-46,50H,1,31,33-34H2,2-3H3/q-1. The van der Waals surface area contributed by atoms with E-state index in [4.69, 9.17) is 33.2 Å². The summed E-state index contributed by atoms with van der Waals surface area (Å²) in [5, 5.41) is 0. The third-order valence-electron chi connectivity index (χ3n) is 8.70. The van der Waals surface area contributed by atoms with Crippen LogP contribution in [0.4, 0.5) is 0 Å². The van der Waals surface area contributed by atoms with E-state index in [2.05, 4.69) is 70.5 Å². The van der Waals surface area contributed by atoms with Gasteiger partial charge in [-0.2, -0.15) is 12.0 Å². The number of hydrogen-bond donors (Lipinski definition) is 0. The van der Waals surface area contributed by atoms with Crippen molar-refractivity contribution < 1.29 is 47.5 Å². The number of rotatable bonds is 9. The summed E-state index contributed by atoms with van der Waals surface area (Å²) in [5.74, 6) is 2.13. The van der Waals surface area contributed by atoms with Crippen molar-refractivity contribution in [2.75, 3.05) is 13.2 Å². The molecule has 6 rings (SSSR count). The Kier molecular flexibility index (Phi) is 14.7. The molecule has 0 radical (unpaired) electrons. The lowest BCUT2D eigenvalue weighted by molar-refractivity contribution is -0.298. The Hall–Kier alpha value is -7.75. The molecule has 0 spiro atoms. The van der Waals surface area contributed by atoms with E-state index in [-0.39, 0.29) is 6.61 Å². The van der Waals surface area contributed by atoms with Gasteiger partial charge in [0.25, 0.3) is 0 Å². The minimum absolute atomic E-state index is 0.219. The van der Waals surface area contributed by atoms with Crippen LogP contribution in [0.1, 0.15) is 61.8 Å². The number of carbonyl (C=O) groups is 3. The summed E-state index contributed by atoms with van der Waals surface area (Å²) in [6, 6.07) is 26.3. The molecular weight excluding hydrogens is 761 g/mol. The van der Waals surface area contributed by atoms with Crippen molar-refractivity contribution in [2.45, 2.75) is 44.9 Å². The molecule has 0 aromatic heterocycles. The summed E-state index contributed by atoms with van der Waals surface area (Å²) < 4.78 is 40.5. The van der Waals surface area contributed by atoms with Gasteiger partial charge in [0.05, 0.1) is 29.9 Å². The van der Waals surface area contributed by atoms with Gasteiger partial charge in [-0.15, -0.1) is 11.6 Å². The number of esters is 3. The number of allylic oxidation sites excluding steroid dienone is 3. The van der Waals surface area contributed by atoms with Crippen LogP contribution in [0, 0.1) is 25.0 Å². The third-order valence-corrected chi connectivity index (χ3v) is 8.70. The van der Waals surface area contributed by atoms with Gasteiger partial charge < -0.3 is 33.2 Å². The molecule has 296 valence electrons. The van der Waals surface area contributed by atoms with E-state index in [0.29, 0.717) is 58.1 Å². The van der Waals surface area contributed by atoms with Gasteiger partial charge in [0.1, 0.15) is 35.6 Å². The average Bonchev–Trinajstić information content (AvgIpc) is 3.27. The number of carbonyl (C=O) groups excluding carboxylic acids is 3. The molecule has 0 saturated carbocycles. The molecule has 2 aliphatic heterocycles. The van der Waals surface area contributed by atoms with Crippen LogP contribution < -0.4 is 14.2 Å². The van der Waals surface area contributed by atoms with Crippen molar-refractivity contribution in [3.8, 4) is 29.3 Å². The molecule has 4 unspecified atom stereocenters. The zero-order chi connectivity index (χ0) is 42.1. The first-order valence-electron chi connectivity index (χ1n) is 18.5. The molecule has 0 bridgehead atoms. The molecule has 0 aliphatic carbocycles. The molecule has 60 heavy (non-hydrogen) atoms. The summed E-state index contributed by atoms with van der Waals surface area (Å²) in [4.78, 5) is 38.5. The minimum atomic E-state index is -0.781. The van der Waals surface area contributed by atoms with Gasteiger partial charge in [-0.25, -0.2) is 20.1 Å². The Morgan fingerprint density at radius 2 is 1.28 bits per heavy atom. The van der Waals surface area contributed by atoms with Crippen LogP contribution in [0.2, 0.25) is 0 Å². The summed E-state index contributed by atoms with van der Waals surface area (Å²) in [5.41, 5.74) is 23.9. The molecule has 2 heterocycles. The highest BCUT2D eigenvalue weighted by atomic mass is 16.7. The highest BCUT2D eigenvalue weighted by Crippen LogP contribution is 2.34. The van der Waals surface area contributed by atoms with Crippen molar-refractivity contribution in [1.82, 2.24) is 0 Å². The predicted octanol–water partition coefficient (Wildman–Crippen LogP) is 8.38. The van der Waals surface area contributed by atoms with Gasteiger partial charge >= 0.3 is 17.9 Å². The fourth-order valence-corrected chi connectivity index (χ4v) is 5.65. The molecule has 2 fully saturated rings. The highest BCUT2D eigenvalue weighted by Gasteiger charge is 2.43. The second kappa shape index (κ2) is 21.1. The van der Waals surface area contributed by atoms with Crippen LogP contribution in [0.5, 0.6) is 17.2 Å². The zero-order valence-electron chi connectivity index (χ0n) is 32.5. The van der Waals surface area contributed by atoms with E-state index >= 15 is 0 Å². The van der Waals surface area contributed by atoms with Crippen LogP contribution in [-0.4, -0.2) is 49.4 Å². The molecule has 4 aromatic carbocycles. The maximum atomic E-state index is 13.2. The number of benzene rings is 4. The van der Waals surface area contributed by atoms with E-state index in [1.165, 1.54) is 6.08 Å². The molecule has 4 atom stereocenters. The Morgan fingerprint density at radius 1 is 0.717 bits per heavy atom. The van der Waals surface area contributed by atoms with E-state index < -0.39 is 42.5 Å². The quantitative estimate of drug-likeness (QED) is 0.0409. The van der Waals surface area contributed by atoms with E-state index in [9.17, 15) is 14.4 Å². The number of hydrogen-bond acceptors (Lipinski definition) is 10. The minimum Gasteiger partial charge on any atom is -0.456 e. The normalized spacial score (nSPS) is 17.3. The van der Waals surface area contributed by atoms with Gasteiger partial charge in [0.2, 0.25) is 0 Å². The SMILES string of the molecule is C=C=C=C=C=C=C=C=C=C(C)[C-]=CC#COc1ccc(C(=O)Oc2ccc(C3OCC4OCCC(OC(=O)c5ccc(OC(=O)c6ccc(C)cc6)cc5)C4O3)cc2)cc1. The Bertz CT molecular complexity index is 2630. The molecule has 4 aromatic rings. The molecule has 0 N–H and O–H groups in total. The van der Waals surface area contributed by atoms with Crippen LogP contribution >= 0.6 is 0 Å². The summed E-state index contributed by atoms with van der Waals surface area (Å²) >= 11 is 0. The number of aryl methyl sites for hydroxylation is 1. The smallest absolute Gasteiger partial charge is 0.343 e. The molecule has 0 amide bonds. The predicted molar refractivity (Wildman–Crippen MR) is 217 cm³/mol. The summed E-state index contributed by atoms with van der Waals surface area (Å²) in [6.07, 6.45) is 4.94. The fourth-order valence-electron chi connectivity index (χ4n) is 5.65. The fraction of sp³-hybridized carbons (Fsp3) is 0.180. The van der Waals surface area contributed by atoms with E-state index in [1.807, 2.05) is 19.1 Å². The van der Waals surface area contributed by atoms with Crippen molar-refractivity contribution >= 4 is 17.9 Å².